The lowest BCUT2D eigenvalue weighted by molar-refractivity contribution is -0.147. The van der Waals surface area contributed by atoms with Crippen LogP contribution < -0.4 is 10.8 Å². The van der Waals surface area contributed by atoms with Gasteiger partial charge in [0.15, 0.2) is 5.69 Å². The van der Waals surface area contributed by atoms with E-state index >= 15 is 0 Å². The van der Waals surface area contributed by atoms with Crippen LogP contribution in [0.2, 0.25) is 0 Å². The SMILES string of the molecule is COC(=O)C1CCN([C@@H]2CCCn3nc(C(=O)Nc4cccc(B5OC(C)(C)C(C)(C)O5)c4C)cc32)CC1. The molecule has 2 fully saturated rings. The average Bonchev–Trinajstić information content (AvgIpc) is 3.42. The van der Waals surface area contributed by atoms with Gasteiger partial charge in [-0.2, -0.15) is 5.10 Å². The summed E-state index contributed by atoms with van der Waals surface area (Å²) in [6.07, 6.45) is 3.61. The predicted molar refractivity (Wildman–Crippen MR) is 145 cm³/mol. The Morgan fingerprint density at radius 1 is 1.08 bits per heavy atom. The highest BCUT2D eigenvalue weighted by atomic mass is 16.7. The number of fused-ring (bicyclic) bond motifs is 1. The van der Waals surface area contributed by atoms with Gasteiger partial charge in [-0.3, -0.25) is 19.2 Å². The van der Waals surface area contributed by atoms with E-state index in [9.17, 15) is 9.59 Å². The van der Waals surface area contributed by atoms with Crippen molar-refractivity contribution >= 4 is 30.1 Å². The first-order valence-corrected chi connectivity index (χ1v) is 13.7. The van der Waals surface area contributed by atoms with Gasteiger partial charge in [-0.05, 0) is 96.6 Å². The third-order valence-corrected chi connectivity index (χ3v) is 8.87. The Balaban J connectivity index is 1.30. The van der Waals surface area contributed by atoms with Crippen molar-refractivity contribution in [2.45, 2.75) is 84.1 Å². The van der Waals surface area contributed by atoms with E-state index in [2.05, 4.69) is 15.3 Å². The van der Waals surface area contributed by atoms with Crippen molar-refractivity contribution in [2.75, 3.05) is 25.5 Å². The quantitative estimate of drug-likeness (QED) is 0.475. The van der Waals surface area contributed by atoms with Gasteiger partial charge in [0.05, 0.1) is 36.0 Å². The van der Waals surface area contributed by atoms with Gasteiger partial charge in [0.1, 0.15) is 0 Å². The monoisotopic (exact) mass is 522 g/mol. The molecule has 0 bridgehead atoms. The summed E-state index contributed by atoms with van der Waals surface area (Å²) in [5.41, 5.74) is 3.14. The Morgan fingerprint density at radius 2 is 1.76 bits per heavy atom. The number of ether oxygens (including phenoxy) is 1. The van der Waals surface area contributed by atoms with E-state index in [1.165, 1.54) is 7.11 Å². The molecular formula is C28H39BN4O5. The van der Waals surface area contributed by atoms with Crippen molar-refractivity contribution in [2.24, 2.45) is 5.92 Å². The summed E-state index contributed by atoms with van der Waals surface area (Å²) in [5, 5.41) is 7.74. The van der Waals surface area contributed by atoms with Crippen molar-refractivity contribution in [3.05, 3.63) is 41.2 Å². The second kappa shape index (κ2) is 10.1. The van der Waals surface area contributed by atoms with E-state index in [4.69, 9.17) is 14.0 Å². The van der Waals surface area contributed by atoms with E-state index in [1.807, 2.05) is 63.6 Å². The first-order valence-electron chi connectivity index (χ1n) is 13.7. The highest BCUT2D eigenvalue weighted by Crippen LogP contribution is 2.37. The fourth-order valence-corrected chi connectivity index (χ4v) is 5.76. The third kappa shape index (κ3) is 4.89. The number of carbonyl (C=O) groups is 2. The number of hydrogen-bond acceptors (Lipinski definition) is 7. The molecule has 0 saturated carbocycles. The Bertz CT molecular complexity index is 1200. The van der Waals surface area contributed by atoms with Gasteiger partial charge in [-0.1, -0.05) is 12.1 Å². The number of rotatable bonds is 5. The second-order valence-corrected chi connectivity index (χ2v) is 11.7. The minimum Gasteiger partial charge on any atom is -0.469 e. The molecule has 38 heavy (non-hydrogen) atoms. The van der Waals surface area contributed by atoms with Gasteiger partial charge < -0.3 is 19.4 Å². The number of anilines is 1. The predicted octanol–water partition coefficient (Wildman–Crippen LogP) is 3.46. The smallest absolute Gasteiger partial charge is 0.469 e. The highest BCUT2D eigenvalue weighted by Gasteiger charge is 2.52. The van der Waals surface area contributed by atoms with Crippen LogP contribution in [0.1, 0.15) is 81.2 Å². The minimum atomic E-state index is -0.499. The number of benzene rings is 1. The third-order valence-electron chi connectivity index (χ3n) is 8.87. The highest BCUT2D eigenvalue weighted by molar-refractivity contribution is 6.62. The molecule has 1 N–H and O–H groups in total. The number of methoxy groups -OCH3 is 1. The zero-order valence-electron chi connectivity index (χ0n) is 23.4. The molecular weight excluding hydrogens is 483 g/mol. The molecule has 3 aliphatic heterocycles. The van der Waals surface area contributed by atoms with Crippen LogP contribution in [0.15, 0.2) is 24.3 Å². The van der Waals surface area contributed by atoms with Crippen LogP contribution in [0.25, 0.3) is 0 Å². The molecule has 1 amide bonds. The number of hydrogen-bond donors (Lipinski definition) is 1. The summed E-state index contributed by atoms with van der Waals surface area (Å²) in [5.74, 6) is -0.373. The first-order chi connectivity index (χ1) is 18.0. The maximum absolute atomic E-state index is 13.3. The summed E-state index contributed by atoms with van der Waals surface area (Å²) >= 11 is 0. The first kappa shape index (κ1) is 26.9. The van der Waals surface area contributed by atoms with Crippen molar-refractivity contribution in [1.82, 2.24) is 14.7 Å². The van der Waals surface area contributed by atoms with Crippen LogP contribution >= 0.6 is 0 Å². The average molecular weight is 522 g/mol. The van der Waals surface area contributed by atoms with Crippen LogP contribution in [0.3, 0.4) is 0 Å². The summed E-state index contributed by atoms with van der Waals surface area (Å²) in [6, 6.07) is 7.92. The molecule has 5 rings (SSSR count). The van der Waals surface area contributed by atoms with E-state index in [0.717, 1.165) is 67.7 Å². The molecule has 3 aliphatic rings. The normalized spacial score (nSPS) is 23.2. The zero-order chi connectivity index (χ0) is 27.2. The molecule has 2 saturated heterocycles. The number of piperidine rings is 1. The number of aromatic nitrogens is 2. The maximum atomic E-state index is 13.3. The largest absolute Gasteiger partial charge is 0.495 e. The van der Waals surface area contributed by atoms with Gasteiger partial charge >= 0.3 is 13.1 Å². The molecule has 0 aliphatic carbocycles. The Kier molecular flexibility index (Phi) is 7.17. The number of likely N-dealkylation sites (tertiary alicyclic amines) is 1. The minimum absolute atomic E-state index is 0.0257. The molecule has 10 heteroatoms. The fourth-order valence-electron chi connectivity index (χ4n) is 5.76. The summed E-state index contributed by atoms with van der Waals surface area (Å²) in [7, 11) is 0.956. The second-order valence-electron chi connectivity index (χ2n) is 11.7. The molecule has 2 aromatic rings. The van der Waals surface area contributed by atoms with Crippen LogP contribution in [0, 0.1) is 12.8 Å². The van der Waals surface area contributed by atoms with Crippen LogP contribution in [-0.2, 0) is 25.4 Å². The summed E-state index contributed by atoms with van der Waals surface area (Å²) < 4.78 is 19.4. The molecule has 204 valence electrons. The number of carbonyl (C=O) groups excluding carboxylic acids is 2. The summed E-state index contributed by atoms with van der Waals surface area (Å²) in [4.78, 5) is 27.7. The molecule has 0 radical (unpaired) electrons. The molecule has 0 unspecified atom stereocenters. The fraction of sp³-hybridized carbons (Fsp3) is 0.607. The molecule has 0 spiro atoms. The molecule has 1 atom stereocenters. The molecule has 1 aromatic carbocycles. The van der Waals surface area contributed by atoms with Crippen molar-refractivity contribution in [3.8, 4) is 0 Å². The van der Waals surface area contributed by atoms with Crippen LogP contribution in [0.5, 0.6) is 0 Å². The van der Waals surface area contributed by atoms with E-state index < -0.39 is 18.3 Å². The Hall–Kier alpha value is -2.69. The van der Waals surface area contributed by atoms with Crippen molar-refractivity contribution in [3.63, 3.8) is 0 Å². The van der Waals surface area contributed by atoms with Crippen molar-refractivity contribution in [1.29, 1.82) is 0 Å². The lowest BCUT2D eigenvalue weighted by Crippen LogP contribution is -2.41. The Morgan fingerprint density at radius 3 is 2.42 bits per heavy atom. The maximum Gasteiger partial charge on any atom is 0.495 e. The topological polar surface area (TPSA) is 94.9 Å². The van der Waals surface area contributed by atoms with Gasteiger partial charge in [0.25, 0.3) is 5.91 Å². The molecule has 1 aromatic heterocycles. The van der Waals surface area contributed by atoms with Gasteiger partial charge in [-0.25, -0.2) is 0 Å². The standard InChI is InChI=1S/C28H39BN4O5/c1-18-20(29-37-27(2,3)28(4,5)38-29)9-7-10-21(18)30-25(34)22-17-24-23(11-8-14-33(24)31-22)32-15-12-19(13-16-32)26(35)36-6/h7,9-10,17,19,23H,8,11-16H2,1-6H3,(H,30,34)/t23-/m1/s1. The van der Waals surface area contributed by atoms with Gasteiger partial charge in [-0.15, -0.1) is 0 Å². The summed E-state index contributed by atoms with van der Waals surface area (Å²) in [6.45, 7) is 12.6. The molecule has 4 heterocycles. The lowest BCUT2D eigenvalue weighted by atomic mass is 9.76. The van der Waals surface area contributed by atoms with E-state index in [0.29, 0.717) is 5.69 Å². The molecule has 9 nitrogen and oxygen atoms in total. The van der Waals surface area contributed by atoms with Gasteiger partial charge in [0, 0.05) is 12.2 Å². The van der Waals surface area contributed by atoms with Crippen LogP contribution in [0.4, 0.5) is 5.69 Å². The van der Waals surface area contributed by atoms with Gasteiger partial charge in [0.2, 0.25) is 0 Å². The van der Waals surface area contributed by atoms with E-state index in [1.54, 1.807) is 0 Å². The number of esters is 1. The lowest BCUT2D eigenvalue weighted by Gasteiger charge is -2.38. The van der Waals surface area contributed by atoms with Crippen LogP contribution in [-0.4, -0.2) is 65.1 Å². The Labute approximate surface area is 225 Å². The number of nitrogens with one attached hydrogen (secondary N) is 1. The van der Waals surface area contributed by atoms with Crippen molar-refractivity contribution < 1.29 is 23.6 Å². The number of aryl methyl sites for hydroxylation is 1. The zero-order valence-corrected chi connectivity index (χ0v) is 23.4. The van der Waals surface area contributed by atoms with E-state index in [-0.39, 0.29) is 23.8 Å². The number of amides is 1. The number of nitrogens with zero attached hydrogens (tertiary/aromatic N) is 3.